The summed E-state index contributed by atoms with van der Waals surface area (Å²) >= 11 is 3.79. The summed E-state index contributed by atoms with van der Waals surface area (Å²) in [6.45, 7) is 2.44. The van der Waals surface area contributed by atoms with Crippen LogP contribution in [-0.2, 0) is 20.1 Å². The zero-order valence-electron chi connectivity index (χ0n) is 19.5. The van der Waals surface area contributed by atoms with Gasteiger partial charge in [-0.2, -0.15) is 21.1 Å². The molecule has 2 amide bonds. The van der Waals surface area contributed by atoms with Gasteiger partial charge in [0.25, 0.3) is 11.8 Å². The predicted molar refractivity (Wildman–Crippen MR) is 139 cm³/mol. The molecule has 16 heteroatoms. The number of allylic oxidation sites excluding steroid dienone is 1. The lowest BCUT2D eigenvalue weighted by molar-refractivity contribution is -0.155. The summed E-state index contributed by atoms with van der Waals surface area (Å²) in [5.74, 6) is -1.61. The van der Waals surface area contributed by atoms with E-state index in [2.05, 4.69) is 24.8 Å². The number of oxime groups is 1. The van der Waals surface area contributed by atoms with Crippen LogP contribution in [0.15, 0.2) is 39.1 Å². The highest BCUT2D eigenvalue weighted by Gasteiger charge is 2.55. The molecule has 2 aliphatic rings. The van der Waals surface area contributed by atoms with Gasteiger partial charge in [0.2, 0.25) is 11.5 Å². The van der Waals surface area contributed by atoms with Crippen molar-refractivity contribution in [2.45, 2.75) is 36.1 Å². The van der Waals surface area contributed by atoms with Gasteiger partial charge in [0.15, 0.2) is 5.13 Å². The number of nitrogen functional groups attached to an aromatic ring is 1. The third-order valence-corrected chi connectivity index (χ3v) is 8.81. The minimum atomic E-state index is -1.23. The Morgan fingerprint density at radius 3 is 2.84 bits per heavy atom. The first-order valence-electron chi connectivity index (χ1n) is 11.1. The van der Waals surface area contributed by atoms with Crippen LogP contribution in [0.25, 0.3) is 0 Å². The number of hydrogen-bond donors (Lipinski definition) is 5. The van der Waals surface area contributed by atoms with Crippen LogP contribution in [-0.4, -0.2) is 77.4 Å². The van der Waals surface area contributed by atoms with E-state index >= 15 is 0 Å². The molecule has 2 aliphatic heterocycles. The Balaban J connectivity index is 1.56. The van der Waals surface area contributed by atoms with Crippen LogP contribution in [0.3, 0.4) is 0 Å². The molecular formula is C21H24N8O5S3. The summed E-state index contributed by atoms with van der Waals surface area (Å²) in [4.78, 5) is 48.8. The standard InChI is InChI=1S/C21H24N8O5S3/c1-9-6-11-13(25-18(30)14(27-34)17-26-21(23)37-28-17)19(31)29(11)15(20(32)33)16(9)36-12-2-4-24-7-10(12)8-35-5-3-22/h2,4,7,9,11,13,34H,3,5-6,8,22H2,1H3,(H,25,30)(H,32,33)(H2,23,26,28)/t9?,11-,13+/m1/s1. The van der Waals surface area contributed by atoms with Crippen LogP contribution in [0.2, 0.25) is 0 Å². The van der Waals surface area contributed by atoms with E-state index in [1.165, 1.54) is 16.7 Å². The quantitative estimate of drug-likeness (QED) is 0.0888. The number of carbonyl (C=O) groups excluding carboxylic acids is 2. The lowest BCUT2D eigenvalue weighted by atomic mass is 9.82. The Morgan fingerprint density at radius 1 is 1.41 bits per heavy atom. The Kier molecular flexibility index (Phi) is 8.31. The summed E-state index contributed by atoms with van der Waals surface area (Å²) in [6.07, 6.45) is 3.81. The Hall–Kier alpha value is -3.21. The van der Waals surface area contributed by atoms with Crippen molar-refractivity contribution in [3.8, 4) is 0 Å². The molecule has 1 saturated heterocycles. The Morgan fingerprint density at radius 2 is 2.19 bits per heavy atom. The van der Waals surface area contributed by atoms with Gasteiger partial charge >= 0.3 is 5.97 Å². The largest absolute Gasteiger partial charge is 0.477 e. The number of thioether (sulfide) groups is 2. The average molecular weight is 565 g/mol. The molecule has 0 aliphatic carbocycles. The topological polar surface area (TPSA) is 210 Å². The molecule has 2 aromatic heterocycles. The molecule has 0 bridgehead atoms. The fraction of sp³-hybridized carbons (Fsp3) is 0.381. The molecular weight excluding hydrogens is 540 g/mol. The third-order valence-electron chi connectivity index (χ3n) is 5.79. The molecule has 0 aromatic carbocycles. The minimum absolute atomic E-state index is 0.0764. The van der Waals surface area contributed by atoms with Gasteiger partial charge in [-0.1, -0.05) is 23.8 Å². The van der Waals surface area contributed by atoms with Gasteiger partial charge < -0.3 is 27.1 Å². The van der Waals surface area contributed by atoms with Gasteiger partial charge in [-0.05, 0) is 24.0 Å². The summed E-state index contributed by atoms with van der Waals surface area (Å²) in [7, 11) is 0. The first kappa shape index (κ1) is 26.8. The molecule has 0 saturated carbocycles. The lowest BCUT2D eigenvalue weighted by Crippen LogP contribution is -2.72. The van der Waals surface area contributed by atoms with E-state index in [0.717, 1.165) is 27.7 Å². The third kappa shape index (κ3) is 5.41. The molecule has 3 atom stereocenters. The fourth-order valence-corrected chi connectivity index (χ4v) is 6.63. The van der Waals surface area contributed by atoms with Crippen molar-refractivity contribution in [1.82, 2.24) is 24.6 Å². The second-order valence-corrected chi connectivity index (χ2v) is 11.2. The van der Waals surface area contributed by atoms with Crippen LogP contribution in [0.5, 0.6) is 0 Å². The van der Waals surface area contributed by atoms with E-state index in [9.17, 15) is 24.7 Å². The molecule has 13 nitrogen and oxygen atoms in total. The number of nitrogens with two attached hydrogens (primary N) is 2. The maximum Gasteiger partial charge on any atom is 0.353 e. The van der Waals surface area contributed by atoms with Gasteiger partial charge in [-0.15, -0.1) is 0 Å². The van der Waals surface area contributed by atoms with Crippen LogP contribution in [0.1, 0.15) is 24.7 Å². The molecule has 37 heavy (non-hydrogen) atoms. The van der Waals surface area contributed by atoms with Crippen molar-refractivity contribution in [3.05, 3.63) is 40.5 Å². The summed E-state index contributed by atoms with van der Waals surface area (Å²) in [5.41, 5.74) is 11.5. The summed E-state index contributed by atoms with van der Waals surface area (Å²) < 4.78 is 3.85. The van der Waals surface area contributed by atoms with Crippen molar-refractivity contribution in [2.75, 3.05) is 18.0 Å². The Bertz CT molecular complexity index is 1280. The highest BCUT2D eigenvalue weighted by atomic mass is 32.2. The maximum absolute atomic E-state index is 13.1. The van der Waals surface area contributed by atoms with E-state index in [1.54, 1.807) is 24.2 Å². The van der Waals surface area contributed by atoms with Gasteiger partial charge in [0.1, 0.15) is 11.7 Å². The number of nitrogens with zero attached hydrogens (tertiary/aromatic N) is 5. The van der Waals surface area contributed by atoms with E-state index in [1.807, 2.05) is 13.0 Å². The number of pyridine rings is 1. The van der Waals surface area contributed by atoms with Crippen molar-refractivity contribution in [2.24, 2.45) is 16.8 Å². The number of β-lactam (4-membered cyclic amide) rings is 1. The van der Waals surface area contributed by atoms with Crippen LogP contribution < -0.4 is 16.8 Å². The number of fused-ring (bicyclic) bond motifs is 1. The maximum atomic E-state index is 13.1. The fourth-order valence-electron chi connectivity index (χ4n) is 4.14. The number of carboxylic acid groups (broad SMARTS) is 1. The second-order valence-electron chi connectivity index (χ2n) is 8.21. The number of carbonyl (C=O) groups is 3. The number of carboxylic acids is 1. The summed E-state index contributed by atoms with van der Waals surface area (Å²) in [6, 6.07) is 0.254. The summed E-state index contributed by atoms with van der Waals surface area (Å²) in [5, 5.41) is 24.9. The van der Waals surface area contributed by atoms with Gasteiger partial charge in [-0.25, -0.2) is 4.79 Å². The van der Waals surface area contributed by atoms with E-state index in [-0.39, 0.29) is 22.6 Å². The highest BCUT2D eigenvalue weighted by molar-refractivity contribution is 8.03. The number of aliphatic carboxylic acids is 1. The number of rotatable bonds is 10. The SMILES string of the molecule is CC1C[C@@H]2[C@H](NC(=O)C(=NO)c3nsc(N)n3)C(=O)N2C(C(=O)O)=C1Sc1ccncc1CSCCN. The molecule has 0 radical (unpaired) electrons. The zero-order chi connectivity index (χ0) is 26.7. The first-order chi connectivity index (χ1) is 17.8. The molecule has 7 N–H and O–H groups in total. The molecule has 4 heterocycles. The Labute approximate surface area is 223 Å². The van der Waals surface area contributed by atoms with E-state index in [4.69, 9.17) is 11.5 Å². The van der Waals surface area contributed by atoms with E-state index < -0.39 is 35.6 Å². The van der Waals surface area contributed by atoms with Gasteiger partial charge in [-0.3, -0.25) is 19.5 Å². The van der Waals surface area contributed by atoms with Gasteiger partial charge in [0.05, 0.1) is 6.04 Å². The van der Waals surface area contributed by atoms with Crippen LogP contribution >= 0.6 is 35.1 Å². The smallest absolute Gasteiger partial charge is 0.353 e. The minimum Gasteiger partial charge on any atom is -0.477 e. The lowest BCUT2D eigenvalue weighted by Gasteiger charge is -2.51. The first-order valence-corrected chi connectivity index (χ1v) is 13.8. The number of nitrogens with one attached hydrogen (secondary N) is 1. The molecule has 2 aromatic rings. The number of anilines is 1. The number of aromatic nitrogens is 3. The predicted octanol–water partition coefficient (Wildman–Crippen LogP) is 0.709. The highest BCUT2D eigenvalue weighted by Crippen LogP contribution is 2.46. The molecule has 0 spiro atoms. The van der Waals surface area contributed by atoms with Crippen molar-refractivity contribution in [1.29, 1.82) is 0 Å². The molecule has 1 unspecified atom stereocenters. The number of hydrogen-bond acceptors (Lipinski definition) is 13. The van der Waals surface area contributed by atoms with Crippen LogP contribution in [0, 0.1) is 5.92 Å². The van der Waals surface area contributed by atoms with Crippen molar-refractivity contribution < 1.29 is 24.7 Å². The molecule has 1 fully saturated rings. The van der Waals surface area contributed by atoms with Crippen molar-refractivity contribution >= 4 is 63.7 Å². The molecule has 4 rings (SSSR count). The second kappa shape index (κ2) is 11.5. The van der Waals surface area contributed by atoms with Gasteiger partial charge in [0, 0.05) is 51.8 Å². The monoisotopic (exact) mass is 564 g/mol. The zero-order valence-corrected chi connectivity index (χ0v) is 22.0. The molecule has 196 valence electrons. The van der Waals surface area contributed by atoms with Crippen LogP contribution in [0.4, 0.5) is 5.13 Å². The van der Waals surface area contributed by atoms with Crippen molar-refractivity contribution in [3.63, 3.8) is 0 Å². The van der Waals surface area contributed by atoms with E-state index in [0.29, 0.717) is 23.6 Å². The average Bonchev–Trinajstić information content (AvgIpc) is 3.30. The number of amides is 2. The normalized spacial score (nSPS) is 21.5.